The van der Waals surface area contributed by atoms with Crippen molar-refractivity contribution in [3.05, 3.63) is 76.4 Å². The van der Waals surface area contributed by atoms with Crippen molar-refractivity contribution in [1.82, 2.24) is 0 Å². The number of aryl methyl sites for hydroxylation is 1. The van der Waals surface area contributed by atoms with Gasteiger partial charge in [-0.25, -0.2) is 8.78 Å². The van der Waals surface area contributed by atoms with Crippen LogP contribution in [-0.2, 0) is 0 Å². The summed E-state index contributed by atoms with van der Waals surface area (Å²) >= 11 is 1.55. The lowest BCUT2D eigenvalue weighted by atomic mass is 10.0. The van der Waals surface area contributed by atoms with Crippen LogP contribution < -0.4 is 4.74 Å². The van der Waals surface area contributed by atoms with Crippen LogP contribution in [0.1, 0.15) is 24.1 Å². The Kier molecular flexibility index (Phi) is 5.27. The Balaban J connectivity index is 1.61. The summed E-state index contributed by atoms with van der Waals surface area (Å²) in [6.45, 7) is 2.23. The Morgan fingerprint density at radius 3 is 2.46 bits per heavy atom. The summed E-state index contributed by atoms with van der Waals surface area (Å²) in [4.78, 5) is 2.05. The van der Waals surface area contributed by atoms with Crippen molar-refractivity contribution >= 4 is 11.3 Å². The summed E-state index contributed by atoms with van der Waals surface area (Å²) in [6, 6.07) is 11.2. The summed E-state index contributed by atoms with van der Waals surface area (Å²) in [6.07, 6.45) is 5.04. The van der Waals surface area contributed by atoms with Gasteiger partial charge in [0.25, 0.3) is 0 Å². The topological polar surface area (TPSA) is 9.23 Å². The molecule has 0 bridgehead atoms. The van der Waals surface area contributed by atoms with E-state index in [0.29, 0.717) is 5.56 Å². The third-order valence-electron chi connectivity index (χ3n) is 4.88. The van der Waals surface area contributed by atoms with Crippen molar-refractivity contribution in [2.45, 2.75) is 26.2 Å². The quantitative estimate of drug-likeness (QED) is 0.408. The molecule has 144 valence electrons. The second-order valence-corrected chi connectivity index (χ2v) is 8.18. The van der Waals surface area contributed by atoms with E-state index in [1.54, 1.807) is 17.4 Å². The first-order valence-electron chi connectivity index (χ1n) is 9.18. The first-order chi connectivity index (χ1) is 13.5. The minimum atomic E-state index is -1.10. The second-order valence-electron chi connectivity index (χ2n) is 6.89. The minimum absolute atomic E-state index is 0.0264. The first kappa shape index (κ1) is 18.8. The lowest BCUT2D eigenvalue weighted by Crippen LogP contribution is -2.03. The van der Waals surface area contributed by atoms with Gasteiger partial charge in [-0.2, -0.15) is 4.39 Å². The van der Waals surface area contributed by atoms with E-state index in [9.17, 15) is 13.2 Å². The van der Waals surface area contributed by atoms with Gasteiger partial charge in [0.1, 0.15) is 12.4 Å². The largest absolute Gasteiger partial charge is 0.486 e. The van der Waals surface area contributed by atoms with Gasteiger partial charge in [0.2, 0.25) is 5.82 Å². The maximum Gasteiger partial charge on any atom is 0.201 e. The molecule has 0 atom stereocenters. The van der Waals surface area contributed by atoms with Crippen LogP contribution in [0.5, 0.6) is 5.75 Å². The van der Waals surface area contributed by atoms with Gasteiger partial charge in [-0.3, -0.25) is 0 Å². The Bertz CT molecular complexity index is 1050. The lowest BCUT2D eigenvalue weighted by Gasteiger charge is -2.12. The molecule has 28 heavy (non-hydrogen) atoms. The van der Waals surface area contributed by atoms with Gasteiger partial charge in [-0.1, -0.05) is 18.2 Å². The molecule has 1 heterocycles. The van der Waals surface area contributed by atoms with Crippen LogP contribution in [0, 0.1) is 24.4 Å². The molecule has 0 saturated carbocycles. The zero-order chi connectivity index (χ0) is 19.7. The predicted molar refractivity (Wildman–Crippen MR) is 107 cm³/mol. The molecule has 0 aliphatic heterocycles. The van der Waals surface area contributed by atoms with Crippen molar-refractivity contribution < 1.29 is 17.9 Å². The van der Waals surface area contributed by atoms with Gasteiger partial charge < -0.3 is 4.74 Å². The molecule has 0 spiro atoms. The predicted octanol–water partition coefficient (Wildman–Crippen LogP) is 7.30. The number of allylic oxidation sites excluding steroid dienone is 1. The lowest BCUT2D eigenvalue weighted by molar-refractivity contribution is 0.322. The van der Waals surface area contributed by atoms with Crippen LogP contribution in [0.25, 0.3) is 21.6 Å². The highest BCUT2D eigenvalue weighted by molar-refractivity contribution is 7.15. The van der Waals surface area contributed by atoms with Gasteiger partial charge in [0.15, 0.2) is 11.6 Å². The highest BCUT2D eigenvalue weighted by Gasteiger charge is 2.19. The van der Waals surface area contributed by atoms with Crippen LogP contribution >= 0.6 is 11.3 Å². The molecule has 1 aromatic heterocycles. The van der Waals surface area contributed by atoms with E-state index in [4.69, 9.17) is 4.74 Å². The average Bonchev–Trinajstić information content (AvgIpc) is 3.35. The van der Waals surface area contributed by atoms with Crippen LogP contribution in [0.2, 0.25) is 0 Å². The molecule has 4 rings (SSSR count). The molecule has 1 aliphatic carbocycles. The number of ether oxygens (including phenoxy) is 1. The number of hydrogen-bond donors (Lipinski definition) is 0. The van der Waals surface area contributed by atoms with Crippen LogP contribution in [0.15, 0.2) is 54.1 Å². The SMILES string of the molecule is Cc1ccc(-c2ccc(-c3ccc(OCC4=CCCC4)c(F)c3F)c(F)c2)s1. The zero-order valence-corrected chi connectivity index (χ0v) is 16.2. The molecule has 3 aromatic rings. The summed E-state index contributed by atoms with van der Waals surface area (Å²) in [5.74, 6) is -2.93. The molecular formula is C23H19F3OS. The molecule has 0 saturated heterocycles. The van der Waals surface area contributed by atoms with Gasteiger partial charge in [-0.05, 0) is 67.7 Å². The van der Waals surface area contributed by atoms with Crippen molar-refractivity contribution in [2.24, 2.45) is 0 Å². The van der Waals surface area contributed by atoms with Crippen molar-refractivity contribution in [3.63, 3.8) is 0 Å². The number of thiophene rings is 1. The molecule has 2 aromatic carbocycles. The van der Waals surface area contributed by atoms with Crippen molar-refractivity contribution in [2.75, 3.05) is 6.61 Å². The summed E-state index contributed by atoms with van der Waals surface area (Å²) < 4.78 is 49.2. The fourth-order valence-electron chi connectivity index (χ4n) is 3.37. The van der Waals surface area contributed by atoms with Crippen molar-refractivity contribution in [3.8, 4) is 27.3 Å². The Labute approximate surface area is 166 Å². The number of benzene rings is 2. The monoisotopic (exact) mass is 400 g/mol. The first-order valence-corrected chi connectivity index (χ1v) is 10.00. The third kappa shape index (κ3) is 3.72. The van der Waals surface area contributed by atoms with E-state index in [0.717, 1.165) is 34.6 Å². The van der Waals surface area contributed by atoms with Crippen LogP contribution in [0.3, 0.4) is 0 Å². The second kappa shape index (κ2) is 7.84. The van der Waals surface area contributed by atoms with E-state index in [2.05, 4.69) is 6.08 Å². The molecule has 1 aliphatic rings. The maximum absolute atomic E-state index is 14.7. The number of hydrogen-bond acceptors (Lipinski definition) is 2. The van der Waals surface area contributed by atoms with Gasteiger partial charge in [-0.15, -0.1) is 11.3 Å². The van der Waals surface area contributed by atoms with Gasteiger partial charge in [0, 0.05) is 20.9 Å². The van der Waals surface area contributed by atoms with E-state index >= 15 is 0 Å². The minimum Gasteiger partial charge on any atom is -0.486 e. The standard InChI is InChI=1S/C23H19F3OS/c1-14-6-11-21(28-14)16-7-8-17(19(24)12-16)18-9-10-20(23(26)22(18)25)27-13-15-4-2-3-5-15/h4,6-12H,2-3,5,13H2,1H3. The zero-order valence-electron chi connectivity index (χ0n) is 15.4. The molecule has 0 N–H and O–H groups in total. The highest BCUT2D eigenvalue weighted by atomic mass is 32.1. The average molecular weight is 400 g/mol. The Hall–Kier alpha value is -2.53. The van der Waals surface area contributed by atoms with Crippen LogP contribution in [0.4, 0.5) is 13.2 Å². The number of halogens is 3. The van der Waals surface area contributed by atoms with E-state index in [-0.39, 0.29) is 23.5 Å². The fourth-order valence-corrected chi connectivity index (χ4v) is 4.23. The number of rotatable bonds is 5. The van der Waals surface area contributed by atoms with Crippen molar-refractivity contribution in [1.29, 1.82) is 0 Å². The molecule has 0 fully saturated rings. The van der Waals surface area contributed by atoms with Gasteiger partial charge in [0.05, 0.1) is 0 Å². The van der Waals surface area contributed by atoms with E-state index in [1.807, 2.05) is 19.1 Å². The molecule has 0 radical (unpaired) electrons. The van der Waals surface area contributed by atoms with E-state index in [1.165, 1.54) is 24.3 Å². The maximum atomic E-state index is 14.7. The molecule has 0 amide bonds. The Morgan fingerprint density at radius 1 is 0.964 bits per heavy atom. The molecular weight excluding hydrogens is 381 g/mol. The molecule has 5 heteroatoms. The summed E-state index contributed by atoms with van der Waals surface area (Å²) in [5, 5.41) is 0. The van der Waals surface area contributed by atoms with E-state index < -0.39 is 17.5 Å². The Morgan fingerprint density at radius 2 is 1.79 bits per heavy atom. The molecule has 1 nitrogen and oxygen atoms in total. The fraction of sp³-hybridized carbons (Fsp3) is 0.217. The third-order valence-corrected chi connectivity index (χ3v) is 5.93. The summed E-state index contributed by atoms with van der Waals surface area (Å²) in [7, 11) is 0. The van der Waals surface area contributed by atoms with Gasteiger partial charge >= 0.3 is 0 Å². The summed E-state index contributed by atoms with van der Waals surface area (Å²) in [5.41, 5.74) is 1.72. The molecule has 0 unspecified atom stereocenters. The normalized spacial score (nSPS) is 13.6. The smallest absolute Gasteiger partial charge is 0.201 e. The highest BCUT2D eigenvalue weighted by Crippen LogP contribution is 2.35. The van der Waals surface area contributed by atoms with Crippen LogP contribution in [-0.4, -0.2) is 6.61 Å².